The van der Waals surface area contributed by atoms with Crippen molar-refractivity contribution in [2.75, 3.05) is 53.3 Å². The van der Waals surface area contributed by atoms with Gasteiger partial charge in [0.2, 0.25) is 0 Å². The summed E-state index contributed by atoms with van der Waals surface area (Å²) < 4.78 is 0. The summed E-state index contributed by atoms with van der Waals surface area (Å²) in [6.07, 6.45) is 0. The molecule has 5 heteroatoms. The molecule has 0 aliphatic heterocycles. The third-order valence-electron chi connectivity index (χ3n) is 8.14. The van der Waals surface area contributed by atoms with Gasteiger partial charge < -0.3 is 0 Å². The van der Waals surface area contributed by atoms with Crippen LogP contribution in [0, 0.1) is 0 Å². The van der Waals surface area contributed by atoms with Crippen LogP contribution in [0.3, 0.4) is 0 Å². The molecular formula is C32H48P4Pd. The summed E-state index contributed by atoms with van der Waals surface area (Å²) in [4.78, 5) is 0. The van der Waals surface area contributed by atoms with E-state index in [0.29, 0.717) is 0 Å². The van der Waals surface area contributed by atoms with E-state index < -0.39 is 35.4 Å². The summed E-state index contributed by atoms with van der Waals surface area (Å²) in [6.45, 7) is 22.4. The molecule has 206 valence electrons. The van der Waals surface area contributed by atoms with Gasteiger partial charge in [-0.1, -0.05) is 0 Å². The fourth-order valence-electron chi connectivity index (χ4n) is 6.81. The van der Waals surface area contributed by atoms with Crippen molar-refractivity contribution in [3.8, 4) is 0 Å². The first-order valence-corrected chi connectivity index (χ1v) is 33.9. The fraction of sp³-hybridized carbons (Fsp3) is 0.250. The van der Waals surface area contributed by atoms with Crippen LogP contribution >= 0.6 is 21.8 Å². The molecule has 0 unspecified atom stereocenters. The maximum absolute atomic E-state index is 2.80. The van der Waals surface area contributed by atoms with Crippen LogP contribution in [0.2, 0.25) is 0 Å². The van der Waals surface area contributed by atoms with Gasteiger partial charge in [-0.05, 0) is 0 Å². The summed E-state index contributed by atoms with van der Waals surface area (Å²) in [5, 5.41) is 6.71. The molecule has 37 heavy (non-hydrogen) atoms. The van der Waals surface area contributed by atoms with Crippen molar-refractivity contribution < 1.29 is 13.6 Å². The van der Waals surface area contributed by atoms with Gasteiger partial charge in [-0.3, -0.25) is 0 Å². The van der Waals surface area contributed by atoms with Crippen molar-refractivity contribution in [3.63, 3.8) is 0 Å². The summed E-state index contributed by atoms with van der Waals surface area (Å²) >= 11 is -2.30. The van der Waals surface area contributed by atoms with Crippen LogP contribution in [0.25, 0.3) is 0 Å². The second-order valence-corrected chi connectivity index (χ2v) is 73.1. The summed E-state index contributed by atoms with van der Waals surface area (Å²) in [6, 6.07) is 47.2. The Morgan fingerprint density at radius 2 is 0.459 bits per heavy atom. The van der Waals surface area contributed by atoms with Crippen LogP contribution in [0.4, 0.5) is 0 Å². The number of benzene rings is 4. The van der Waals surface area contributed by atoms with Crippen molar-refractivity contribution in [1.29, 1.82) is 0 Å². The first kappa shape index (κ1) is 29.2. The molecule has 0 aliphatic carbocycles. The average molecular weight is 663 g/mol. The molecular weight excluding hydrogens is 615 g/mol. The summed E-state index contributed by atoms with van der Waals surface area (Å²) in [5.74, 6) is 0. The van der Waals surface area contributed by atoms with Crippen LogP contribution in [0.1, 0.15) is 0 Å². The Morgan fingerprint density at radius 1 is 0.297 bits per heavy atom. The first-order chi connectivity index (χ1) is 17.4. The second-order valence-electron chi connectivity index (χ2n) is 11.5. The third-order valence-corrected chi connectivity index (χ3v) is 144. The summed E-state index contributed by atoms with van der Waals surface area (Å²) in [5.41, 5.74) is -7.91. The van der Waals surface area contributed by atoms with E-state index in [-0.39, 0.29) is 0 Å². The quantitative estimate of drug-likeness (QED) is 0.139. The molecule has 0 saturated carbocycles. The van der Waals surface area contributed by atoms with E-state index in [1.807, 2.05) is 0 Å². The summed E-state index contributed by atoms with van der Waals surface area (Å²) in [7, 11) is 0. The van der Waals surface area contributed by atoms with Gasteiger partial charge in [0.15, 0.2) is 0 Å². The van der Waals surface area contributed by atoms with Crippen LogP contribution < -0.4 is 21.2 Å². The number of hydrogen-bond donors (Lipinski definition) is 0. The van der Waals surface area contributed by atoms with Gasteiger partial charge in [0.25, 0.3) is 0 Å². The molecule has 0 amide bonds. The molecule has 4 aromatic carbocycles. The normalized spacial score (nSPS) is 17.3. The second kappa shape index (κ2) is 11.0. The molecule has 0 aliphatic rings. The molecule has 0 aromatic heterocycles. The molecule has 0 spiro atoms. The van der Waals surface area contributed by atoms with Crippen LogP contribution in [-0.4, -0.2) is 53.3 Å². The van der Waals surface area contributed by atoms with Gasteiger partial charge in [0.1, 0.15) is 0 Å². The fourth-order valence-corrected chi connectivity index (χ4v) is 197. The Hall–Kier alpha value is -0.738. The molecule has 4 aromatic rings. The topological polar surface area (TPSA) is 0 Å². The van der Waals surface area contributed by atoms with E-state index >= 15 is 0 Å². The molecule has 0 N–H and O–H groups in total. The van der Waals surface area contributed by atoms with E-state index in [1.54, 1.807) is 21.2 Å². The van der Waals surface area contributed by atoms with Crippen LogP contribution in [0.15, 0.2) is 121 Å². The van der Waals surface area contributed by atoms with E-state index in [9.17, 15) is 0 Å². The molecule has 0 atom stereocenters. The zero-order valence-electron chi connectivity index (χ0n) is 23.9. The first-order valence-electron chi connectivity index (χ1n) is 13.3. The molecule has 0 heterocycles. The Kier molecular flexibility index (Phi) is 8.72. The van der Waals surface area contributed by atoms with Crippen molar-refractivity contribution in [2.24, 2.45) is 0 Å². The molecule has 0 saturated heterocycles. The average Bonchev–Trinajstić information content (AvgIpc) is 2.90. The minimum absolute atomic E-state index is 1.68. The zero-order valence-corrected chi connectivity index (χ0v) is 29.4. The zero-order chi connectivity index (χ0) is 27.0. The van der Waals surface area contributed by atoms with E-state index in [1.165, 1.54) is 0 Å². The Labute approximate surface area is 230 Å². The molecule has 4 rings (SSSR count). The predicted molar refractivity (Wildman–Crippen MR) is 185 cm³/mol. The van der Waals surface area contributed by atoms with Crippen molar-refractivity contribution >= 4 is 43.0 Å². The van der Waals surface area contributed by atoms with Crippen LogP contribution in [0.5, 0.6) is 0 Å². The third kappa shape index (κ3) is 4.68. The van der Waals surface area contributed by atoms with Gasteiger partial charge in [-0.15, -0.1) is 0 Å². The Bertz CT molecular complexity index is 1090. The number of rotatable bonds is 8. The van der Waals surface area contributed by atoms with Gasteiger partial charge in [-0.25, -0.2) is 0 Å². The van der Waals surface area contributed by atoms with E-state index in [4.69, 9.17) is 0 Å². The minimum atomic E-state index is -2.30. The Morgan fingerprint density at radius 3 is 0.622 bits per heavy atom. The predicted octanol–water partition coefficient (Wildman–Crippen LogP) is 7.14. The van der Waals surface area contributed by atoms with Crippen molar-refractivity contribution in [1.82, 2.24) is 0 Å². The van der Waals surface area contributed by atoms with Crippen molar-refractivity contribution in [3.05, 3.63) is 121 Å². The number of hydrogen-bond acceptors (Lipinski definition) is 0. The monoisotopic (exact) mass is 662 g/mol. The van der Waals surface area contributed by atoms with Gasteiger partial charge in [0.05, 0.1) is 0 Å². The van der Waals surface area contributed by atoms with E-state index in [0.717, 1.165) is 0 Å². The van der Waals surface area contributed by atoms with E-state index in [2.05, 4.69) is 175 Å². The standard InChI is InChI=1S/4C8H11P.Pd/c4*1-9(2)8-6-4-3-5-7-8;/h4*3-7H,1-2H3;/q;;;;-4/p+4. The molecule has 0 fully saturated rings. The van der Waals surface area contributed by atoms with Crippen LogP contribution in [-0.2, 0) is 13.6 Å². The van der Waals surface area contributed by atoms with Gasteiger partial charge >= 0.3 is 231 Å². The molecule has 0 nitrogen and oxygen atoms in total. The molecule has 0 bridgehead atoms. The van der Waals surface area contributed by atoms with Gasteiger partial charge in [-0.2, -0.15) is 0 Å². The molecule has 0 radical (unpaired) electrons. The maximum atomic E-state index is 2.80. The van der Waals surface area contributed by atoms with Crippen molar-refractivity contribution in [2.45, 2.75) is 0 Å². The SMILES string of the molecule is C[PH](C)(c1ccccc1)[Pd]([PH](C)(C)c1ccccc1)([PH](C)(C)c1ccccc1)[PH](C)(C)c1ccccc1. The van der Waals surface area contributed by atoms with Gasteiger partial charge in [0, 0.05) is 0 Å². The Balaban J connectivity index is 2.24.